The Morgan fingerprint density at radius 3 is 1.32 bits per heavy atom. The highest BCUT2D eigenvalue weighted by atomic mass is 14.5. The maximum Gasteiger partial charge on any atom is 0.0714 e. The van der Waals surface area contributed by atoms with Gasteiger partial charge in [-0.3, -0.25) is 0 Å². The van der Waals surface area contributed by atoms with Gasteiger partial charge in [0.2, 0.25) is 0 Å². The van der Waals surface area contributed by atoms with Crippen LogP contribution in [0.1, 0.15) is 44.5 Å². The minimum Gasteiger partial charge on any atom is -0.0619 e. The van der Waals surface area contributed by atoms with Gasteiger partial charge in [0.25, 0.3) is 0 Å². The standard InChI is InChI=1S/C37H30/c1-23-13-15-27-21-29(17-19-31(27)25(23)3)37(30-18-20-32-26(4)24(2)14-16-28(32)22-30)35-11-7-5-9-33(35)34-10-6-8-12-36(34)37/h5-22H,1-4H3. The molecule has 0 aromatic heterocycles. The highest BCUT2D eigenvalue weighted by Gasteiger charge is 2.46. The van der Waals surface area contributed by atoms with Crippen LogP contribution in [0, 0.1) is 27.7 Å². The summed E-state index contributed by atoms with van der Waals surface area (Å²) in [4.78, 5) is 0. The summed E-state index contributed by atoms with van der Waals surface area (Å²) in [6.45, 7) is 8.88. The van der Waals surface area contributed by atoms with E-state index in [0.29, 0.717) is 0 Å². The highest BCUT2D eigenvalue weighted by molar-refractivity contribution is 5.93. The molecule has 1 aliphatic rings. The molecule has 0 N–H and O–H groups in total. The summed E-state index contributed by atoms with van der Waals surface area (Å²) in [5.74, 6) is 0. The van der Waals surface area contributed by atoms with Crippen LogP contribution in [0.15, 0.2) is 109 Å². The molecule has 0 fully saturated rings. The van der Waals surface area contributed by atoms with E-state index in [1.807, 2.05) is 0 Å². The lowest BCUT2D eigenvalue weighted by Crippen LogP contribution is -2.28. The number of rotatable bonds is 2. The van der Waals surface area contributed by atoms with E-state index >= 15 is 0 Å². The third-order valence-corrected chi connectivity index (χ3v) is 8.94. The normalized spacial score (nSPS) is 13.6. The van der Waals surface area contributed by atoms with Crippen LogP contribution in [0.25, 0.3) is 32.7 Å². The minimum atomic E-state index is -0.382. The van der Waals surface area contributed by atoms with Crippen molar-refractivity contribution in [3.63, 3.8) is 0 Å². The number of fused-ring (bicyclic) bond motifs is 5. The molecule has 0 bridgehead atoms. The second-order valence-corrected chi connectivity index (χ2v) is 10.7. The van der Waals surface area contributed by atoms with Crippen LogP contribution in [0.2, 0.25) is 0 Å². The Kier molecular flexibility index (Phi) is 4.72. The summed E-state index contributed by atoms with van der Waals surface area (Å²) < 4.78 is 0. The first-order chi connectivity index (χ1) is 18.0. The Balaban J connectivity index is 1.62. The van der Waals surface area contributed by atoms with Gasteiger partial charge in [-0.25, -0.2) is 0 Å². The number of aryl methyl sites for hydroxylation is 4. The monoisotopic (exact) mass is 474 g/mol. The van der Waals surface area contributed by atoms with Crippen LogP contribution in [0.3, 0.4) is 0 Å². The highest BCUT2D eigenvalue weighted by Crippen LogP contribution is 2.56. The first-order valence-electron chi connectivity index (χ1n) is 13.2. The number of benzene rings is 6. The molecule has 0 radical (unpaired) electrons. The van der Waals surface area contributed by atoms with E-state index in [1.54, 1.807) is 0 Å². The molecule has 0 amide bonds. The zero-order valence-electron chi connectivity index (χ0n) is 21.9. The van der Waals surface area contributed by atoms with Crippen molar-refractivity contribution in [1.29, 1.82) is 0 Å². The van der Waals surface area contributed by atoms with Crippen LogP contribution < -0.4 is 0 Å². The lowest BCUT2D eigenvalue weighted by atomic mass is 9.67. The van der Waals surface area contributed by atoms with Gasteiger partial charge in [0.1, 0.15) is 0 Å². The van der Waals surface area contributed by atoms with Crippen molar-refractivity contribution in [1.82, 2.24) is 0 Å². The molecule has 6 aromatic carbocycles. The summed E-state index contributed by atoms with van der Waals surface area (Å²) in [6.07, 6.45) is 0. The Hall–Kier alpha value is -4.16. The predicted molar refractivity (Wildman–Crippen MR) is 158 cm³/mol. The zero-order chi connectivity index (χ0) is 25.3. The fourth-order valence-electron chi connectivity index (χ4n) is 6.68. The minimum absolute atomic E-state index is 0.382. The van der Waals surface area contributed by atoms with Crippen LogP contribution in [-0.4, -0.2) is 0 Å². The van der Waals surface area contributed by atoms with Crippen LogP contribution >= 0.6 is 0 Å². The molecule has 7 rings (SSSR count). The van der Waals surface area contributed by atoms with Crippen LogP contribution in [0.5, 0.6) is 0 Å². The maximum absolute atomic E-state index is 2.44. The third-order valence-electron chi connectivity index (χ3n) is 8.94. The van der Waals surface area contributed by atoms with Gasteiger partial charge in [0.05, 0.1) is 5.41 Å². The van der Waals surface area contributed by atoms with Gasteiger partial charge >= 0.3 is 0 Å². The van der Waals surface area contributed by atoms with Crippen LogP contribution in [-0.2, 0) is 5.41 Å². The van der Waals surface area contributed by atoms with Crippen molar-refractivity contribution in [2.24, 2.45) is 0 Å². The maximum atomic E-state index is 2.44. The zero-order valence-corrected chi connectivity index (χ0v) is 21.9. The molecule has 0 unspecified atom stereocenters. The van der Waals surface area contributed by atoms with Crippen molar-refractivity contribution in [3.05, 3.63) is 154 Å². The van der Waals surface area contributed by atoms with E-state index in [4.69, 9.17) is 0 Å². The van der Waals surface area contributed by atoms with Crippen molar-refractivity contribution in [3.8, 4) is 11.1 Å². The smallest absolute Gasteiger partial charge is 0.0619 e. The average Bonchev–Trinajstić information content (AvgIpc) is 3.24. The molecule has 37 heavy (non-hydrogen) atoms. The van der Waals surface area contributed by atoms with E-state index < -0.39 is 0 Å². The summed E-state index contributed by atoms with van der Waals surface area (Å²) in [5.41, 5.74) is 13.1. The van der Waals surface area contributed by atoms with Gasteiger partial charge in [-0.2, -0.15) is 0 Å². The van der Waals surface area contributed by atoms with Crippen molar-refractivity contribution >= 4 is 21.5 Å². The Bertz CT molecular complexity index is 1730. The molecular formula is C37H30. The molecule has 6 aromatic rings. The quantitative estimate of drug-likeness (QED) is 0.234. The average molecular weight is 475 g/mol. The molecule has 0 heterocycles. The fourth-order valence-corrected chi connectivity index (χ4v) is 6.68. The van der Waals surface area contributed by atoms with Gasteiger partial charge in [-0.1, -0.05) is 97.1 Å². The second-order valence-electron chi connectivity index (χ2n) is 10.7. The largest absolute Gasteiger partial charge is 0.0714 e. The number of hydrogen-bond donors (Lipinski definition) is 0. The SMILES string of the molecule is Cc1ccc2cc(C3(c4ccc5c(C)c(C)ccc5c4)c4ccccc4-c4ccccc43)ccc2c1C. The molecule has 0 nitrogen and oxygen atoms in total. The Morgan fingerprint density at radius 1 is 0.432 bits per heavy atom. The van der Waals surface area contributed by atoms with E-state index in [9.17, 15) is 0 Å². The van der Waals surface area contributed by atoms with Crippen molar-refractivity contribution < 1.29 is 0 Å². The van der Waals surface area contributed by atoms with E-state index in [2.05, 4.69) is 137 Å². The fraction of sp³-hybridized carbons (Fsp3) is 0.135. The summed E-state index contributed by atoms with van der Waals surface area (Å²) in [6, 6.07) is 41.4. The first-order valence-corrected chi connectivity index (χ1v) is 13.2. The summed E-state index contributed by atoms with van der Waals surface area (Å²) in [5, 5.41) is 5.27. The molecule has 0 saturated heterocycles. The molecule has 0 atom stereocenters. The molecule has 0 aliphatic heterocycles. The lowest BCUT2D eigenvalue weighted by Gasteiger charge is -2.34. The van der Waals surface area contributed by atoms with Gasteiger partial charge in [0.15, 0.2) is 0 Å². The Labute approximate surface area is 219 Å². The molecule has 0 saturated carbocycles. The van der Waals surface area contributed by atoms with Gasteiger partial charge in [-0.05, 0) is 117 Å². The lowest BCUT2D eigenvalue weighted by molar-refractivity contribution is 0.771. The van der Waals surface area contributed by atoms with Gasteiger partial charge in [-0.15, -0.1) is 0 Å². The molecule has 178 valence electrons. The summed E-state index contributed by atoms with van der Waals surface area (Å²) >= 11 is 0. The van der Waals surface area contributed by atoms with E-state index in [-0.39, 0.29) is 5.41 Å². The molecule has 1 aliphatic carbocycles. The first kappa shape index (κ1) is 22.1. The Morgan fingerprint density at radius 2 is 0.865 bits per heavy atom. The molecular weight excluding hydrogens is 444 g/mol. The summed E-state index contributed by atoms with van der Waals surface area (Å²) in [7, 11) is 0. The van der Waals surface area contributed by atoms with Gasteiger partial charge in [0, 0.05) is 0 Å². The van der Waals surface area contributed by atoms with E-state index in [1.165, 1.54) is 77.2 Å². The predicted octanol–water partition coefficient (Wildman–Crippen LogP) is 9.59. The van der Waals surface area contributed by atoms with Crippen LogP contribution in [0.4, 0.5) is 0 Å². The molecule has 0 spiro atoms. The topological polar surface area (TPSA) is 0 Å². The van der Waals surface area contributed by atoms with Gasteiger partial charge < -0.3 is 0 Å². The van der Waals surface area contributed by atoms with E-state index in [0.717, 1.165) is 0 Å². The van der Waals surface area contributed by atoms with Crippen molar-refractivity contribution in [2.75, 3.05) is 0 Å². The third kappa shape index (κ3) is 2.96. The second kappa shape index (κ2) is 7.92. The van der Waals surface area contributed by atoms with Crippen molar-refractivity contribution in [2.45, 2.75) is 33.1 Å². The number of hydrogen-bond acceptors (Lipinski definition) is 0. The molecule has 0 heteroatoms.